The molecule has 0 atom stereocenters. The van der Waals surface area contributed by atoms with Crippen LogP contribution in [-0.4, -0.2) is 33.3 Å². The van der Waals surface area contributed by atoms with Gasteiger partial charge in [0.05, 0.1) is 35.1 Å². The number of para-hydroxylation sites is 2. The van der Waals surface area contributed by atoms with Gasteiger partial charge in [-0.1, -0.05) is 53.4 Å². The molecule has 0 saturated carbocycles. The third-order valence-corrected chi connectivity index (χ3v) is 7.74. The van der Waals surface area contributed by atoms with Crippen LogP contribution in [0.25, 0.3) is 20.4 Å². The largest absolute Gasteiger partial charge is 0.496 e. The van der Waals surface area contributed by atoms with Crippen molar-refractivity contribution in [2.75, 3.05) is 18.2 Å². The number of thiazole rings is 1. The minimum atomic E-state index is -0.206. The summed E-state index contributed by atoms with van der Waals surface area (Å²) in [7, 11) is 1.60. The molecule has 0 unspecified atom stereocenters. The first-order valence-corrected chi connectivity index (χ1v) is 12.7. The number of benzene rings is 2. The third kappa shape index (κ3) is 4.50. The lowest BCUT2D eigenvalue weighted by molar-refractivity contribution is -0.113. The molecule has 0 spiro atoms. The lowest BCUT2D eigenvalue weighted by atomic mass is 10.2. The number of aromatic nitrogens is 3. The van der Waals surface area contributed by atoms with Gasteiger partial charge in [0, 0.05) is 5.56 Å². The van der Waals surface area contributed by atoms with E-state index in [4.69, 9.17) is 4.74 Å². The van der Waals surface area contributed by atoms with Crippen molar-refractivity contribution in [2.45, 2.75) is 11.7 Å². The number of nitrogens with one attached hydrogen (secondary N) is 1. The van der Waals surface area contributed by atoms with Crippen LogP contribution in [0.2, 0.25) is 0 Å². The number of methoxy groups -OCH3 is 1. The summed E-state index contributed by atoms with van der Waals surface area (Å²) in [6.45, 7) is 0.297. The Labute approximate surface area is 201 Å². The Morgan fingerprint density at radius 3 is 2.76 bits per heavy atom. The number of rotatable bonds is 7. The molecule has 5 rings (SSSR count). The molecule has 0 bridgehead atoms. The van der Waals surface area contributed by atoms with Crippen LogP contribution < -0.4 is 15.6 Å². The monoisotopic (exact) mass is 494 g/mol. The van der Waals surface area contributed by atoms with Gasteiger partial charge < -0.3 is 10.1 Å². The van der Waals surface area contributed by atoms with Crippen molar-refractivity contribution in [1.29, 1.82) is 0 Å². The van der Waals surface area contributed by atoms with E-state index in [1.54, 1.807) is 11.7 Å². The van der Waals surface area contributed by atoms with E-state index in [0.29, 0.717) is 32.8 Å². The molecule has 1 N–H and O–H groups in total. The van der Waals surface area contributed by atoms with E-state index in [2.05, 4.69) is 15.3 Å². The molecule has 7 nitrogen and oxygen atoms in total. The van der Waals surface area contributed by atoms with Gasteiger partial charge >= 0.3 is 0 Å². The van der Waals surface area contributed by atoms with Crippen LogP contribution in [0.15, 0.2) is 69.9 Å². The second-order valence-electron chi connectivity index (χ2n) is 7.06. The van der Waals surface area contributed by atoms with Gasteiger partial charge in [-0.2, -0.15) is 0 Å². The number of hydrogen-bond acceptors (Lipinski definition) is 8. The van der Waals surface area contributed by atoms with Crippen molar-refractivity contribution in [3.05, 3.63) is 75.9 Å². The van der Waals surface area contributed by atoms with Crippen LogP contribution in [0.1, 0.15) is 5.56 Å². The van der Waals surface area contributed by atoms with E-state index < -0.39 is 0 Å². The molecule has 5 aromatic rings. The first kappa shape index (κ1) is 21.6. The molecule has 0 aliphatic carbocycles. The summed E-state index contributed by atoms with van der Waals surface area (Å²) in [6, 6.07) is 17.1. The number of anilines is 1. The number of thioether (sulfide) groups is 1. The first-order chi connectivity index (χ1) is 16.1. The fourth-order valence-electron chi connectivity index (χ4n) is 3.39. The van der Waals surface area contributed by atoms with E-state index in [-0.39, 0.29) is 17.2 Å². The number of nitrogens with zero attached hydrogens (tertiary/aromatic N) is 3. The molecule has 0 fully saturated rings. The summed E-state index contributed by atoms with van der Waals surface area (Å²) in [5, 5.41) is 5.73. The zero-order chi connectivity index (χ0) is 22.8. The Morgan fingerprint density at radius 1 is 1.09 bits per heavy atom. The molecule has 0 aliphatic heterocycles. The van der Waals surface area contributed by atoms with Crippen molar-refractivity contribution in [3.8, 4) is 5.75 Å². The number of carbonyl (C=O) groups excluding carboxylic acids is 1. The van der Waals surface area contributed by atoms with Gasteiger partial charge in [0.15, 0.2) is 10.3 Å². The fourth-order valence-corrected chi connectivity index (χ4v) is 5.85. The molecular weight excluding hydrogens is 476 g/mol. The van der Waals surface area contributed by atoms with Crippen LogP contribution in [-0.2, 0) is 11.3 Å². The summed E-state index contributed by atoms with van der Waals surface area (Å²) in [6.07, 6.45) is 0. The van der Waals surface area contributed by atoms with Crippen LogP contribution in [0.3, 0.4) is 0 Å². The summed E-state index contributed by atoms with van der Waals surface area (Å²) < 4.78 is 8.65. The van der Waals surface area contributed by atoms with Gasteiger partial charge in [0.25, 0.3) is 5.56 Å². The van der Waals surface area contributed by atoms with Gasteiger partial charge in [0.1, 0.15) is 10.4 Å². The minimum absolute atomic E-state index is 0.101. The number of amides is 1. The summed E-state index contributed by atoms with van der Waals surface area (Å²) in [5.41, 5.74) is 2.21. The molecule has 2 aromatic carbocycles. The predicted molar refractivity (Wildman–Crippen MR) is 135 cm³/mol. The average molecular weight is 495 g/mol. The van der Waals surface area contributed by atoms with E-state index in [1.807, 2.05) is 60.0 Å². The number of ether oxygens (including phenoxy) is 1. The maximum absolute atomic E-state index is 13.2. The fraction of sp³-hybridized carbons (Fsp3) is 0.130. The van der Waals surface area contributed by atoms with Gasteiger partial charge in [-0.05, 0) is 29.6 Å². The lowest BCUT2D eigenvalue weighted by Crippen LogP contribution is -2.24. The number of thiophene rings is 1. The van der Waals surface area contributed by atoms with Gasteiger partial charge in [0.2, 0.25) is 5.91 Å². The van der Waals surface area contributed by atoms with Crippen LogP contribution >= 0.6 is 34.4 Å². The second-order valence-corrected chi connectivity index (χ2v) is 9.95. The van der Waals surface area contributed by atoms with Gasteiger partial charge in [-0.15, -0.1) is 11.3 Å². The summed E-state index contributed by atoms with van der Waals surface area (Å²) in [4.78, 5) is 35.0. The lowest BCUT2D eigenvalue weighted by Gasteiger charge is -2.14. The maximum Gasteiger partial charge on any atom is 0.272 e. The molecule has 33 heavy (non-hydrogen) atoms. The zero-order valence-corrected chi connectivity index (χ0v) is 19.9. The smallest absolute Gasteiger partial charge is 0.272 e. The highest BCUT2D eigenvalue weighted by Gasteiger charge is 2.16. The van der Waals surface area contributed by atoms with Crippen molar-refractivity contribution in [2.24, 2.45) is 0 Å². The van der Waals surface area contributed by atoms with Crippen molar-refractivity contribution in [3.63, 3.8) is 0 Å². The molecule has 0 radical (unpaired) electrons. The maximum atomic E-state index is 13.2. The molecular formula is C23H18N4O3S3. The Morgan fingerprint density at radius 2 is 1.91 bits per heavy atom. The molecule has 1 amide bonds. The van der Waals surface area contributed by atoms with Crippen LogP contribution in [0.4, 0.5) is 5.13 Å². The zero-order valence-electron chi connectivity index (χ0n) is 17.5. The summed E-state index contributed by atoms with van der Waals surface area (Å²) in [5.74, 6) is 0.590. The molecule has 10 heteroatoms. The third-order valence-electron chi connectivity index (χ3n) is 4.92. The van der Waals surface area contributed by atoms with E-state index in [1.165, 1.54) is 34.4 Å². The highest BCUT2D eigenvalue weighted by molar-refractivity contribution is 7.99. The summed E-state index contributed by atoms with van der Waals surface area (Å²) >= 11 is 4.02. The topological polar surface area (TPSA) is 86.1 Å². The van der Waals surface area contributed by atoms with Gasteiger partial charge in [-0.3, -0.25) is 14.2 Å². The van der Waals surface area contributed by atoms with Crippen LogP contribution in [0, 0.1) is 0 Å². The number of fused-ring (bicyclic) bond motifs is 2. The van der Waals surface area contributed by atoms with Crippen LogP contribution in [0.5, 0.6) is 5.75 Å². The van der Waals surface area contributed by atoms with E-state index in [0.717, 1.165) is 15.8 Å². The van der Waals surface area contributed by atoms with Crippen molar-refractivity contribution >= 4 is 65.9 Å². The molecule has 166 valence electrons. The van der Waals surface area contributed by atoms with E-state index >= 15 is 0 Å². The predicted octanol–water partition coefficient (Wildman–Crippen LogP) is 4.86. The minimum Gasteiger partial charge on any atom is -0.496 e. The van der Waals surface area contributed by atoms with Crippen molar-refractivity contribution < 1.29 is 9.53 Å². The highest BCUT2D eigenvalue weighted by atomic mass is 32.2. The Balaban J connectivity index is 1.40. The molecule has 3 heterocycles. The molecule has 3 aromatic heterocycles. The number of hydrogen-bond donors (Lipinski definition) is 1. The van der Waals surface area contributed by atoms with E-state index in [9.17, 15) is 9.59 Å². The second kappa shape index (κ2) is 9.34. The number of carbonyl (C=O) groups is 1. The highest BCUT2D eigenvalue weighted by Crippen LogP contribution is 2.27. The molecule has 0 saturated heterocycles. The standard InChI is InChI=1S/C23H18N4O3S3/c1-30-17-8-4-2-6-14(17)12-27-21(29)20-16(10-11-31-20)25-23(27)32-13-19(28)26-22-24-15-7-3-5-9-18(15)33-22/h2-11H,12-13H2,1H3,(H,24,26,28). The normalized spacial score (nSPS) is 11.2. The average Bonchev–Trinajstić information content (AvgIpc) is 3.46. The first-order valence-electron chi connectivity index (χ1n) is 10.0. The van der Waals surface area contributed by atoms with Crippen molar-refractivity contribution in [1.82, 2.24) is 14.5 Å². The Kier molecular flexibility index (Phi) is 6.12. The molecule has 0 aliphatic rings. The quantitative estimate of drug-likeness (QED) is 0.257. The van der Waals surface area contributed by atoms with Gasteiger partial charge in [-0.25, -0.2) is 9.97 Å². The Bertz CT molecular complexity index is 1490. The SMILES string of the molecule is COc1ccccc1Cn1c(SCC(=O)Nc2nc3ccccc3s2)nc2ccsc2c1=O. The Hall–Kier alpha value is -3.21.